The fraction of sp³-hybridized carbons (Fsp3) is 0.364. The fourth-order valence-electron chi connectivity index (χ4n) is 1.17. The van der Waals surface area contributed by atoms with Crippen LogP contribution in [0.4, 0.5) is 5.69 Å². The average molecular weight is 268 g/mol. The number of nitrogens with two attached hydrogens (primary N) is 1. The zero-order chi connectivity index (χ0) is 11.5. The van der Waals surface area contributed by atoms with Crippen LogP contribution in [-0.4, -0.2) is 12.1 Å². The molecule has 0 aliphatic carbocycles. The molecule has 0 unspecified atom stereocenters. The minimum absolute atomic E-state index is 0.173. The molecule has 0 radical (unpaired) electrons. The lowest BCUT2D eigenvalue weighted by molar-refractivity contribution is 0.580. The van der Waals surface area contributed by atoms with E-state index in [2.05, 4.69) is 27.3 Å². The number of nitrogens with one attached hydrogen (secondary N) is 1. The molecule has 4 heteroatoms. The Labute approximate surface area is 98.4 Å². The van der Waals surface area contributed by atoms with Crippen LogP contribution in [0.3, 0.4) is 0 Å². The summed E-state index contributed by atoms with van der Waals surface area (Å²) in [6.45, 7) is 4.56. The van der Waals surface area contributed by atoms with Crippen molar-refractivity contribution < 1.29 is 0 Å². The van der Waals surface area contributed by atoms with Gasteiger partial charge in [0, 0.05) is 22.2 Å². The van der Waals surface area contributed by atoms with E-state index in [9.17, 15) is 0 Å². The normalized spacial score (nSPS) is 10.9. The minimum atomic E-state index is -0.173. The van der Waals surface area contributed by atoms with E-state index in [1.54, 1.807) is 6.07 Å². The van der Waals surface area contributed by atoms with Gasteiger partial charge in [0.15, 0.2) is 0 Å². The highest BCUT2D eigenvalue weighted by atomic mass is 79.9. The average Bonchev–Trinajstić information content (AvgIpc) is 2.16. The zero-order valence-corrected chi connectivity index (χ0v) is 10.4. The van der Waals surface area contributed by atoms with E-state index >= 15 is 0 Å². The fourth-order valence-corrected chi connectivity index (χ4v) is 1.66. The highest BCUT2D eigenvalue weighted by molar-refractivity contribution is 9.10. The van der Waals surface area contributed by atoms with Crippen molar-refractivity contribution in [2.24, 2.45) is 5.73 Å². The van der Waals surface area contributed by atoms with Crippen LogP contribution in [0.2, 0.25) is 0 Å². The molecule has 0 aliphatic heterocycles. The number of hydrogen-bond acceptors (Lipinski definition) is 3. The Hall–Kier alpha value is -1.05. The highest BCUT2D eigenvalue weighted by Gasteiger charge is 2.14. The first kappa shape index (κ1) is 12.0. The number of nitriles is 1. The van der Waals surface area contributed by atoms with Crippen molar-refractivity contribution in [1.29, 1.82) is 5.26 Å². The van der Waals surface area contributed by atoms with Crippen LogP contribution in [0.25, 0.3) is 0 Å². The smallest absolute Gasteiger partial charge is 0.0992 e. The Bertz CT molecular complexity index is 393. The molecule has 0 spiro atoms. The van der Waals surface area contributed by atoms with Crippen molar-refractivity contribution in [1.82, 2.24) is 0 Å². The Morgan fingerprint density at radius 3 is 2.67 bits per heavy atom. The number of nitrogens with zero attached hydrogens (tertiary/aromatic N) is 1. The molecule has 0 atom stereocenters. The number of anilines is 1. The number of halogens is 1. The largest absolute Gasteiger partial charge is 0.379 e. The highest BCUT2D eigenvalue weighted by Crippen LogP contribution is 2.21. The second kappa shape index (κ2) is 4.65. The van der Waals surface area contributed by atoms with Gasteiger partial charge in [0.2, 0.25) is 0 Å². The van der Waals surface area contributed by atoms with Gasteiger partial charge in [0.25, 0.3) is 0 Å². The van der Waals surface area contributed by atoms with Crippen molar-refractivity contribution in [2.75, 3.05) is 11.9 Å². The molecule has 1 aromatic carbocycles. The predicted molar refractivity (Wildman–Crippen MR) is 65.6 cm³/mol. The summed E-state index contributed by atoms with van der Waals surface area (Å²) in [7, 11) is 0. The van der Waals surface area contributed by atoms with Crippen molar-refractivity contribution >= 4 is 21.6 Å². The molecule has 0 saturated carbocycles. The second-order valence-electron chi connectivity index (χ2n) is 4.05. The van der Waals surface area contributed by atoms with Crippen molar-refractivity contribution in [3.8, 4) is 6.07 Å². The summed E-state index contributed by atoms with van der Waals surface area (Å²) in [4.78, 5) is 0. The lowest BCUT2D eigenvalue weighted by Gasteiger charge is -2.25. The van der Waals surface area contributed by atoms with Crippen molar-refractivity contribution in [3.63, 3.8) is 0 Å². The molecule has 3 nitrogen and oxygen atoms in total. The SMILES string of the molecule is CC(C)(CN)Nc1cc(Br)cc(C#N)c1. The van der Waals surface area contributed by atoms with E-state index in [1.165, 1.54) is 0 Å². The van der Waals surface area contributed by atoms with E-state index in [-0.39, 0.29) is 5.54 Å². The first-order chi connectivity index (χ1) is 6.96. The standard InChI is InChI=1S/C11H14BrN3/c1-11(2,7-14)15-10-4-8(6-13)3-9(12)5-10/h3-5,15H,7,14H2,1-2H3. The molecule has 15 heavy (non-hydrogen) atoms. The van der Waals surface area contributed by atoms with E-state index in [1.807, 2.05) is 26.0 Å². The van der Waals surface area contributed by atoms with Crippen LogP contribution < -0.4 is 11.1 Å². The molecule has 3 N–H and O–H groups in total. The van der Waals surface area contributed by atoms with Crippen LogP contribution in [0, 0.1) is 11.3 Å². The number of rotatable bonds is 3. The molecule has 1 aromatic rings. The molecular weight excluding hydrogens is 254 g/mol. The van der Waals surface area contributed by atoms with E-state index in [4.69, 9.17) is 11.0 Å². The first-order valence-corrected chi connectivity index (χ1v) is 5.45. The van der Waals surface area contributed by atoms with Gasteiger partial charge in [-0.1, -0.05) is 15.9 Å². The Morgan fingerprint density at radius 1 is 1.47 bits per heavy atom. The third-order valence-corrected chi connectivity index (χ3v) is 2.48. The summed E-state index contributed by atoms with van der Waals surface area (Å²) < 4.78 is 0.886. The maximum Gasteiger partial charge on any atom is 0.0992 e. The van der Waals surface area contributed by atoms with E-state index < -0.39 is 0 Å². The quantitative estimate of drug-likeness (QED) is 0.885. The molecule has 0 bridgehead atoms. The van der Waals surface area contributed by atoms with Crippen LogP contribution in [-0.2, 0) is 0 Å². The summed E-state index contributed by atoms with van der Waals surface area (Å²) in [5, 5.41) is 12.1. The van der Waals surface area contributed by atoms with Gasteiger partial charge < -0.3 is 11.1 Å². The maximum atomic E-state index is 8.82. The third-order valence-electron chi connectivity index (χ3n) is 2.02. The molecular formula is C11H14BrN3. The number of benzene rings is 1. The number of hydrogen-bond donors (Lipinski definition) is 2. The molecule has 0 heterocycles. The molecule has 0 aliphatic rings. The summed E-state index contributed by atoms with van der Waals surface area (Å²) in [5.74, 6) is 0. The Balaban J connectivity index is 2.96. The Morgan fingerprint density at radius 2 is 2.13 bits per heavy atom. The van der Waals surface area contributed by atoms with Crippen LogP contribution in [0.1, 0.15) is 19.4 Å². The monoisotopic (exact) mass is 267 g/mol. The van der Waals surface area contributed by atoms with E-state index in [0.717, 1.165) is 10.2 Å². The molecule has 1 rings (SSSR count). The minimum Gasteiger partial charge on any atom is -0.379 e. The summed E-state index contributed by atoms with van der Waals surface area (Å²) in [6.07, 6.45) is 0. The molecule has 0 amide bonds. The van der Waals surface area contributed by atoms with Gasteiger partial charge in [-0.2, -0.15) is 5.26 Å². The maximum absolute atomic E-state index is 8.82. The van der Waals surface area contributed by atoms with Gasteiger partial charge in [-0.15, -0.1) is 0 Å². The van der Waals surface area contributed by atoms with Gasteiger partial charge in [-0.3, -0.25) is 0 Å². The lowest BCUT2D eigenvalue weighted by atomic mass is 10.1. The van der Waals surface area contributed by atoms with Crippen molar-refractivity contribution in [3.05, 3.63) is 28.2 Å². The van der Waals surface area contributed by atoms with Gasteiger partial charge in [-0.05, 0) is 32.0 Å². The van der Waals surface area contributed by atoms with Gasteiger partial charge in [0.05, 0.1) is 11.6 Å². The van der Waals surface area contributed by atoms with Gasteiger partial charge in [-0.25, -0.2) is 0 Å². The molecule has 0 aromatic heterocycles. The predicted octanol–water partition coefficient (Wildman–Crippen LogP) is 2.47. The van der Waals surface area contributed by atoms with Crippen LogP contribution in [0.15, 0.2) is 22.7 Å². The van der Waals surface area contributed by atoms with E-state index in [0.29, 0.717) is 12.1 Å². The zero-order valence-electron chi connectivity index (χ0n) is 8.84. The van der Waals surface area contributed by atoms with Crippen LogP contribution >= 0.6 is 15.9 Å². The first-order valence-electron chi connectivity index (χ1n) is 4.66. The second-order valence-corrected chi connectivity index (χ2v) is 4.97. The lowest BCUT2D eigenvalue weighted by Crippen LogP contribution is -2.39. The molecule has 80 valence electrons. The van der Waals surface area contributed by atoms with Gasteiger partial charge >= 0.3 is 0 Å². The summed E-state index contributed by atoms with van der Waals surface area (Å²) >= 11 is 3.36. The van der Waals surface area contributed by atoms with Crippen LogP contribution in [0.5, 0.6) is 0 Å². The van der Waals surface area contributed by atoms with Crippen molar-refractivity contribution in [2.45, 2.75) is 19.4 Å². The van der Waals surface area contributed by atoms with Gasteiger partial charge in [0.1, 0.15) is 0 Å². The Kier molecular flexibility index (Phi) is 3.72. The summed E-state index contributed by atoms with van der Waals surface area (Å²) in [6, 6.07) is 7.63. The topological polar surface area (TPSA) is 61.8 Å². The molecule has 0 fully saturated rings. The third kappa shape index (κ3) is 3.54. The molecule has 0 saturated heterocycles. The summed E-state index contributed by atoms with van der Waals surface area (Å²) in [5.41, 5.74) is 6.97.